The molecule has 11 heteroatoms. The first-order chi connectivity index (χ1) is 9.91. The zero-order valence-electron chi connectivity index (χ0n) is 11.3. The Kier molecular flexibility index (Phi) is 10.5. The first-order valence-corrected chi connectivity index (χ1v) is 5.29. The maximum Gasteiger partial charge on any atom is 3.00 e. The van der Waals surface area contributed by atoms with Gasteiger partial charge in [-0.1, -0.05) is 0 Å². The smallest absolute Gasteiger partial charge is 0.543 e. The summed E-state index contributed by atoms with van der Waals surface area (Å²) in [5.41, 5.74) is 0.0833. The van der Waals surface area contributed by atoms with E-state index in [1.807, 2.05) is 0 Å². The molecule has 0 radical (unpaired) electrons. The van der Waals surface area contributed by atoms with Crippen LogP contribution >= 0.6 is 0 Å². The van der Waals surface area contributed by atoms with E-state index in [0.717, 1.165) is 0 Å². The fourth-order valence-corrected chi connectivity index (χ4v) is 0.809. The summed E-state index contributed by atoms with van der Waals surface area (Å²) >= 11 is 0. The summed E-state index contributed by atoms with van der Waals surface area (Å²) in [7, 11) is 0. The molecule has 3 aliphatic rings. The minimum absolute atomic E-state index is 0. The molecule has 2 N–H and O–H groups in total. The van der Waals surface area contributed by atoms with Gasteiger partial charge in [0.25, 0.3) is 0 Å². The SMILES string of the molecule is O.O=C([O-])C1=NC=C1.O=C([O-])C1=NC=C1.O=C([O-])C1=NC=C1.[Al+3]. The number of hydrogen-bond acceptors (Lipinski definition) is 9. The molecule has 0 spiro atoms. The Balaban J connectivity index is 0. The van der Waals surface area contributed by atoms with E-state index in [1.165, 1.54) is 36.8 Å². The van der Waals surface area contributed by atoms with E-state index in [2.05, 4.69) is 15.0 Å². The van der Waals surface area contributed by atoms with Crippen molar-refractivity contribution in [2.24, 2.45) is 15.0 Å². The standard InChI is InChI=1S/3C4H3NO2.Al.H2O/c3*6-4(7)3-1-2-5-3;;/h3*1-2H,(H,6,7);;1H2/q;;;+3;/p-3. The van der Waals surface area contributed by atoms with Gasteiger partial charge in [0.15, 0.2) is 0 Å². The predicted molar refractivity (Wildman–Crippen MR) is 74.1 cm³/mol. The predicted octanol–water partition coefficient (Wildman–Crippen LogP) is -5.09. The number of aliphatic carboxylic acids is 3. The van der Waals surface area contributed by atoms with Crippen LogP contribution in [0.15, 0.2) is 51.8 Å². The van der Waals surface area contributed by atoms with Crippen LogP contribution in [-0.4, -0.2) is 57.9 Å². The van der Waals surface area contributed by atoms with E-state index in [1.54, 1.807) is 0 Å². The summed E-state index contributed by atoms with van der Waals surface area (Å²) in [5, 5.41) is 29.1. The number of aliphatic imine (C=N–C) groups is 3. The molecule has 0 saturated carbocycles. The first-order valence-electron chi connectivity index (χ1n) is 5.29. The fraction of sp³-hybridized carbons (Fsp3) is 0. The minimum atomic E-state index is -1.21. The Morgan fingerprint density at radius 1 is 0.652 bits per heavy atom. The van der Waals surface area contributed by atoms with Crippen molar-refractivity contribution in [1.82, 2.24) is 0 Å². The maximum atomic E-state index is 9.69. The second-order valence-electron chi connectivity index (χ2n) is 3.35. The Bertz CT molecular complexity index is 569. The molecule has 0 atom stereocenters. The van der Waals surface area contributed by atoms with Crippen LogP contribution in [0.4, 0.5) is 0 Å². The average molecular weight is 333 g/mol. The summed E-state index contributed by atoms with van der Waals surface area (Å²) in [6, 6.07) is 0. The topological polar surface area (TPSA) is 189 Å². The van der Waals surface area contributed by atoms with Crippen molar-refractivity contribution in [1.29, 1.82) is 0 Å². The van der Waals surface area contributed by atoms with Crippen molar-refractivity contribution in [3.8, 4) is 0 Å². The number of carbonyl (C=O) groups is 3. The van der Waals surface area contributed by atoms with Gasteiger partial charge < -0.3 is 35.2 Å². The summed E-state index contributed by atoms with van der Waals surface area (Å²) in [6.45, 7) is 0. The van der Waals surface area contributed by atoms with Gasteiger partial charge >= 0.3 is 17.4 Å². The van der Waals surface area contributed by atoms with E-state index < -0.39 is 17.9 Å². The van der Waals surface area contributed by atoms with Crippen molar-refractivity contribution in [2.75, 3.05) is 0 Å². The molecule has 0 fully saturated rings. The molecular formula is C12H8AlN3O7. The quantitative estimate of drug-likeness (QED) is 0.464. The van der Waals surface area contributed by atoms with Crippen LogP contribution in [0.5, 0.6) is 0 Å². The first kappa shape index (κ1) is 22.4. The second kappa shape index (κ2) is 10.8. The van der Waals surface area contributed by atoms with Crippen LogP contribution in [0.2, 0.25) is 0 Å². The average Bonchev–Trinajstić information content (AvgIpc) is 2.06. The third kappa shape index (κ3) is 7.63. The largest absolute Gasteiger partial charge is 3.00 e. The van der Waals surface area contributed by atoms with Gasteiger partial charge in [0.1, 0.15) is 0 Å². The number of nitrogens with zero attached hydrogens (tertiary/aromatic N) is 3. The van der Waals surface area contributed by atoms with E-state index >= 15 is 0 Å². The molecule has 0 unspecified atom stereocenters. The van der Waals surface area contributed by atoms with Crippen molar-refractivity contribution < 1.29 is 35.2 Å². The van der Waals surface area contributed by atoms with Gasteiger partial charge in [-0.15, -0.1) is 0 Å². The van der Waals surface area contributed by atoms with E-state index in [-0.39, 0.29) is 40.0 Å². The molecule has 0 aliphatic carbocycles. The van der Waals surface area contributed by atoms with Gasteiger partial charge in [-0.2, -0.15) is 0 Å². The third-order valence-electron chi connectivity index (χ3n) is 1.97. The van der Waals surface area contributed by atoms with E-state index in [9.17, 15) is 29.7 Å². The van der Waals surface area contributed by atoms with Crippen molar-refractivity contribution in [3.05, 3.63) is 36.8 Å². The zero-order valence-corrected chi connectivity index (χ0v) is 12.5. The Morgan fingerprint density at radius 3 is 0.826 bits per heavy atom. The molecule has 3 rings (SSSR count). The summed E-state index contributed by atoms with van der Waals surface area (Å²) in [6.07, 6.45) is 8.38. The molecule has 116 valence electrons. The van der Waals surface area contributed by atoms with Crippen LogP contribution in [0.3, 0.4) is 0 Å². The molecule has 10 nitrogen and oxygen atoms in total. The molecule has 3 aliphatic heterocycles. The maximum absolute atomic E-state index is 9.69. The minimum Gasteiger partial charge on any atom is -0.543 e. The molecule has 3 heterocycles. The van der Waals surface area contributed by atoms with E-state index in [4.69, 9.17) is 0 Å². The molecule has 0 amide bonds. The number of carbonyl (C=O) groups excluding carboxylic acids is 3. The monoisotopic (exact) mass is 333 g/mol. The molecule has 0 aromatic heterocycles. The number of carboxylic acid groups (broad SMARTS) is 3. The van der Waals surface area contributed by atoms with Crippen molar-refractivity contribution >= 4 is 52.4 Å². The molecule has 0 aromatic rings. The molecule has 0 saturated heterocycles. The Hall–Kier alpha value is -2.87. The second-order valence-corrected chi connectivity index (χ2v) is 3.35. The Labute approximate surface area is 140 Å². The van der Waals surface area contributed by atoms with Crippen LogP contribution in [0.25, 0.3) is 0 Å². The van der Waals surface area contributed by atoms with Crippen molar-refractivity contribution in [2.45, 2.75) is 0 Å². The van der Waals surface area contributed by atoms with Gasteiger partial charge in [0.05, 0.1) is 35.0 Å². The van der Waals surface area contributed by atoms with Gasteiger partial charge in [-0.3, -0.25) is 15.0 Å². The number of rotatable bonds is 3. The summed E-state index contributed by atoms with van der Waals surface area (Å²) in [4.78, 5) is 39.1. The normalized spacial score (nSPS) is 13.8. The van der Waals surface area contributed by atoms with Crippen LogP contribution in [-0.2, 0) is 14.4 Å². The molecule has 0 bridgehead atoms. The third-order valence-corrected chi connectivity index (χ3v) is 1.97. The van der Waals surface area contributed by atoms with Gasteiger partial charge in [0, 0.05) is 18.6 Å². The van der Waals surface area contributed by atoms with Gasteiger partial charge in [-0.05, 0) is 18.2 Å². The number of hydrogen-bond donors (Lipinski definition) is 0. The summed E-state index contributed by atoms with van der Waals surface area (Å²) in [5.74, 6) is -3.62. The van der Waals surface area contributed by atoms with Crippen LogP contribution < -0.4 is 15.3 Å². The molecule has 23 heavy (non-hydrogen) atoms. The molecule has 0 aromatic carbocycles. The van der Waals surface area contributed by atoms with Gasteiger partial charge in [0.2, 0.25) is 0 Å². The zero-order chi connectivity index (χ0) is 15.8. The van der Waals surface area contributed by atoms with Gasteiger partial charge in [-0.25, -0.2) is 0 Å². The van der Waals surface area contributed by atoms with E-state index in [0.29, 0.717) is 0 Å². The van der Waals surface area contributed by atoms with Crippen molar-refractivity contribution in [3.63, 3.8) is 0 Å². The van der Waals surface area contributed by atoms with Crippen LogP contribution in [0.1, 0.15) is 0 Å². The Morgan fingerprint density at radius 2 is 0.826 bits per heavy atom. The number of carboxylic acids is 3. The summed E-state index contributed by atoms with van der Waals surface area (Å²) < 4.78 is 0. The molecular weight excluding hydrogens is 325 g/mol. The van der Waals surface area contributed by atoms with Crippen LogP contribution in [0, 0.1) is 0 Å². The fourth-order valence-electron chi connectivity index (χ4n) is 0.809.